The van der Waals surface area contributed by atoms with Crippen LogP contribution in [0.25, 0.3) is 11.3 Å². The molecule has 4 N–H and O–H groups in total. The van der Waals surface area contributed by atoms with Crippen molar-refractivity contribution in [3.05, 3.63) is 40.6 Å². The molecule has 160 valence electrons. The number of carbonyl (C=O) groups excluding carboxylic acids is 1. The summed E-state index contributed by atoms with van der Waals surface area (Å²) in [6, 6.07) is 4.39. The predicted octanol–water partition coefficient (Wildman–Crippen LogP) is 2.38. The molecule has 1 aromatic heterocycles. The van der Waals surface area contributed by atoms with Crippen molar-refractivity contribution in [1.82, 2.24) is 15.8 Å². The molecule has 3 atom stereocenters. The number of halogens is 1. The molecule has 0 saturated carbocycles. The van der Waals surface area contributed by atoms with Crippen molar-refractivity contribution < 1.29 is 29.1 Å². The highest BCUT2D eigenvalue weighted by atomic mass is 35.5. The summed E-state index contributed by atoms with van der Waals surface area (Å²) in [7, 11) is 0. The maximum atomic E-state index is 13.0. The van der Waals surface area contributed by atoms with Crippen LogP contribution in [-0.2, 0) is 9.59 Å². The van der Waals surface area contributed by atoms with E-state index in [2.05, 4.69) is 15.8 Å². The van der Waals surface area contributed by atoms with E-state index in [0.29, 0.717) is 10.6 Å². The van der Waals surface area contributed by atoms with E-state index in [4.69, 9.17) is 16.1 Å². The molecule has 1 saturated heterocycles. The van der Waals surface area contributed by atoms with Gasteiger partial charge in [-0.2, -0.15) is 0 Å². The number of nitrogens with one attached hydrogen (secondary N) is 2. The van der Waals surface area contributed by atoms with Gasteiger partial charge >= 0.3 is 11.9 Å². The second-order valence-electron chi connectivity index (χ2n) is 7.31. The summed E-state index contributed by atoms with van der Waals surface area (Å²) >= 11 is 7.34. The molecule has 0 radical (unpaired) electrons. The number of aliphatic carboxylic acids is 2. The van der Waals surface area contributed by atoms with Crippen molar-refractivity contribution in [2.45, 2.75) is 43.0 Å². The Labute approximate surface area is 181 Å². The molecule has 1 amide bonds. The molecule has 1 aliphatic heterocycles. The number of hydrogen-bond acceptors (Lipinski definition) is 7. The van der Waals surface area contributed by atoms with Crippen LogP contribution in [0.5, 0.6) is 0 Å². The number of hydrogen-bond donors (Lipinski definition) is 4. The van der Waals surface area contributed by atoms with Crippen molar-refractivity contribution in [3.8, 4) is 11.3 Å². The smallest absolute Gasteiger partial charge is 0.328 e. The summed E-state index contributed by atoms with van der Waals surface area (Å²) in [5.74, 6) is -2.91. The lowest BCUT2D eigenvalue weighted by Gasteiger charge is -2.22. The van der Waals surface area contributed by atoms with Gasteiger partial charge in [0, 0.05) is 10.3 Å². The van der Waals surface area contributed by atoms with Crippen molar-refractivity contribution in [2.75, 3.05) is 0 Å². The van der Waals surface area contributed by atoms with E-state index in [-0.39, 0.29) is 17.0 Å². The minimum atomic E-state index is -1.39. The van der Waals surface area contributed by atoms with Crippen LogP contribution in [0.1, 0.15) is 30.0 Å². The topological polar surface area (TPSA) is 142 Å². The van der Waals surface area contributed by atoms with Crippen LogP contribution < -0.4 is 10.6 Å². The Balaban J connectivity index is 1.90. The zero-order valence-corrected chi connectivity index (χ0v) is 17.9. The summed E-state index contributed by atoms with van der Waals surface area (Å²) in [5, 5.41) is 27.8. The lowest BCUT2D eigenvalue weighted by atomic mass is 10.0. The molecule has 1 aromatic carbocycles. The third kappa shape index (κ3) is 4.16. The summed E-state index contributed by atoms with van der Waals surface area (Å²) in [6.45, 7) is 4.93. The normalized spacial score (nSPS) is 21.2. The Kier molecular flexibility index (Phi) is 6.11. The van der Waals surface area contributed by atoms with Gasteiger partial charge in [-0.15, -0.1) is 11.8 Å². The van der Waals surface area contributed by atoms with Crippen LogP contribution in [0.15, 0.2) is 28.8 Å². The Bertz CT molecular complexity index is 1010. The zero-order chi connectivity index (χ0) is 22.2. The lowest BCUT2D eigenvalue weighted by molar-refractivity contribution is -0.142. The van der Waals surface area contributed by atoms with Gasteiger partial charge in [0.25, 0.3) is 5.91 Å². The second kappa shape index (κ2) is 8.29. The number of nitrogens with zero attached hydrogens (tertiary/aromatic N) is 1. The first-order valence-corrected chi connectivity index (χ1v) is 10.2. The van der Waals surface area contributed by atoms with E-state index in [1.54, 1.807) is 38.1 Å². The highest BCUT2D eigenvalue weighted by molar-refractivity contribution is 8.01. The number of thioether (sulfide) groups is 1. The Morgan fingerprint density at radius 1 is 1.30 bits per heavy atom. The molecule has 2 unspecified atom stereocenters. The fourth-order valence-corrected chi connectivity index (χ4v) is 4.99. The van der Waals surface area contributed by atoms with Crippen LogP contribution in [0.4, 0.5) is 0 Å². The van der Waals surface area contributed by atoms with Crippen LogP contribution >= 0.6 is 23.4 Å². The van der Waals surface area contributed by atoms with E-state index < -0.39 is 40.1 Å². The quantitative estimate of drug-likeness (QED) is 0.518. The number of amides is 1. The number of carbonyl (C=O) groups is 3. The van der Waals surface area contributed by atoms with Gasteiger partial charge in [-0.25, -0.2) is 4.79 Å². The number of carboxylic acid groups (broad SMARTS) is 2. The summed E-state index contributed by atoms with van der Waals surface area (Å²) < 4.78 is 4.39. The van der Waals surface area contributed by atoms with Crippen molar-refractivity contribution >= 4 is 41.2 Å². The SMILES string of the molecule is Cc1onc(-c2ccccc2Cl)c1C(=O)NC(C(=O)O)C1N[C@@H](C(=O)O)C(C)(C)S1. The van der Waals surface area contributed by atoms with Crippen LogP contribution in [0.3, 0.4) is 0 Å². The van der Waals surface area contributed by atoms with Gasteiger partial charge in [0.15, 0.2) is 6.04 Å². The molecule has 2 aromatic rings. The van der Waals surface area contributed by atoms with Crippen LogP contribution in [0, 0.1) is 6.92 Å². The van der Waals surface area contributed by atoms with Gasteiger partial charge in [0.1, 0.15) is 23.1 Å². The largest absolute Gasteiger partial charge is 0.480 e. The summed E-state index contributed by atoms with van der Waals surface area (Å²) in [6.07, 6.45) is 0. The maximum absolute atomic E-state index is 13.0. The fourth-order valence-electron chi connectivity index (χ4n) is 3.28. The third-order valence-electron chi connectivity index (χ3n) is 4.78. The van der Waals surface area contributed by atoms with E-state index in [1.165, 1.54) is 6.92 Å². The van der Waals surface area contributed by atoms with Crippen LogP contribution in [-0.4, -0.2) is 55.4 Å². The molecule has 30 heavy (non-hydrogen) atoms. The molecule has 9 nitrogen and oxygen atoms in total. The first-order valence-electron chi connectivity index (χ1n) is 8.94. The molecule has 1 fully saturated rings. The Morgan fingerprint density at radius 2 is 1.97 bits per heavy atom. The van der Waals surface area contributed by atoms with Gasteiger partial charge in [-0.05, 0) is 26.8 Å². The zero-order valence-electron chi connectivity index (χ0n) is 16.3. The molecule has 11 heteroatoms. The van der Waals surface area contributed by atoms with E-state index >= 15 is 0 Å². The average molecular weight is 454 g/mol. The summed E-state index contributed by atoms with van der Waals surface area (Å²) in [5.41, 5.74) is 0.718. The van der Waals surface area contributed by atoms with Crippen molar-refractivity contribution in [2.24, 2.45) is 0 Å². The molecule has 1 aliphatic rings. The number of aryl methyl sites for hydroxylation is 1. The van der Waals surface area contributed by atoms with Gasteiger partial charge in [0.05, 0.1) is 10.4 Å². The Morgan fingerprint density at radius 3 is 2.53 bits per heavy atom. The number of aromatic nitrogens is 1. The minimum Gasteiger partial charge on any atom is -0.480 e. The first kappa shape index (κ1) is 22.1. The maximum Gasteiger partial charge on any atom is 0.328 e. The Hall–Kier alpha value is -2.56. The van der Waals surface area contributed by atoms with Crippen molar-refractivity contribution in [3.63, 3.8) is 0 Å². The lowest BCUT2D eigenvalue weighted by Crippen LogP contribution is -2.53. The molecule has 2 heterocycles. The first-order chi connectivity index (χ1) is 14.0. The standard InChI is InChI=1S/C19H20ClN3O6S/c1-8-11(12(23-29-8)9-6-4-5-7-10(9)20)15(24)21-13(17(25)26)16-22-14(18(27)28)19(2,3)30-16/h4-7,13-14,16,22H,1-3H3,(H,21,24)(H,25,26)(H,27,28)/t13?,14-,16?/m0/s1. The highest BCUT2D eigenvalue weighted by Gasteiger charge is 2.49. The van der Waals surface area contributed by atoms with Gasteiger partial charge in [-0.3, -0.25) is 14.9 Å². The van der Waals surface area contributed by atoms with Crippen LogP contribution in [0.2, 0.25) is 5.02 Å². The molecule has 0 spiro atoms. The van der Waals surface area contributed by atoms with Gasteiger partial charge < -0.3 is 20.1 Å². The number of rotatable bonds is 6. The molecule has 3 rings (SSSR count). The minimum absolute atomic E-state index is 0.0615. The summed E-state index contributed by atoms with van der Waals surface area (Å²) in [4.78, 5) is 36.4. The van der Waals surface area contributed by atoms with E-state index in [1.807, 2.05) is 0 Å². The van der Waals surface area contributed by atoms with E-state index in [9.17, 15) is 24.6 Å². The van der Waals surface area contributed by atoms with E-state index in [0.717, 1.165) is 11.8 Å². The second-order valence-corrected chi connectivity index (χ2v) is 9.51. The highest BCUT2D eigenvalue weighted by Crippen LogP contribution is 2.39. The molecule has 0 bridgehead atoms. The number of benzene rings is 1. The predicted molar refractivity (Wildman–Crippen MR) is 111 cm³/mol. The van der Waals surface area contributed by atoms with Crippen molar-refractivity contribution in [1.29, 1.82) is 0 Å². The average Bonchev–Trinajstić information content (AvgIpc) is 3.19. The molecular formula is C19H20ClN3O6S. The number of carboxylic acids is 2. The molecular weight excluding hydrogens is 434 g/mol. The monoisotopic (exact) mass is 453 g/mol. The van der Waals surface area contributed by atoms with Gasteiger partial charge in [0.2, 0.25) is 0 Å². The third-order valence-corrected chi connectivity index (χ3v) is 6.61. The molecule has 0 aliphatic carbocycles. The van der Waals surface area contributed by atoms with Gasteiger partial charge in [-0.1, -0.05) is 35.0 Å². The fraction of sp³-hybridized carbons (Fsp3) is 0.368.